The molecule has 0 aliphatic rings. The maximum Gasteiger partial charge on any atom is 0.337 e. The molecule has 0 fully saturated rings. The molecule has 1 aromatic carbocycles. The highest BCUT2D eigenvalue weighted by Gasteiger charge is 2.08. The molecule has 0 unspecified atom stereocenters. The zero-order valence-corrected chi connectivity index (χ0v) is 12.0. The van der Waals surface area contributed by atoms with Crippen LogP contribution in [0.3, 0.4) is 0 Å². The van der Waals surface area contributed by atoms with Crippen molar-refractivity contribution in [2.75, 3.05) is 52.5 Å². The van der Waals surface area contributed by atoms with Gasteiger partial charge in [0.05, 0.1) is 38.6 Å². The number of benzene rings is 1. The molecule has 0 spiro atoms. The van der Waals surface area contributed by atoms with Crippen molar-refractivity contribution < 1.29 is 28.8 Å². The number of ether oxygens (including phenoxy) is 4. The average Bonchev–Trinajstić information content (AvgIpc) is 2.45. The van der Waals surface area contributed by atoms with Crippen LogP contribution in [-0.2, 0) is 14.2 Å². The van der Waals surface area contributed by atoms with Crippen molar-refractivity contribution in [1.82, 2.24) is 0 Å². The van der Waals surface area contributed by atoms with Gasteiger partial charge in [0.2, 0.25) is 0 Å². The van der Waals surface area contributed by atoms with Gasteiger partial charge in [-0.15, -0.1) is 0 Å². The number of anilines is 1. The van der Waals surface area contributed by atoms with Gasteiger partial charge in [-0.05, 0) is 12.1 Å². The minimum absolute atomic E-state index is 0.0619. The predicted octanol–water partition coefficient (Wildman–Crippen LogP) is 1.03. The van der Waals surface area contributed by atoms with Crippen molar-refractivity contribution >= 4 is 11.7 Å². The van der Waals surface area contributed by atoms with Gasteiger partial charge in [-0.1, -0.05) is 0 Å². The van der Waals surface area contributed by atoms with Gasteiger partial charge in [0.15, 0.2) is 0 Å². The minimum atomic E-state index is -1.06. The fraction of sp³-hybridized carbons (Fsp3) is 0.500. The smallest absolute Gasteiger partial charge is 0.337 e. The van der Waals surface area contributed by atoms with Crippen LogP contribution in [-0.4, -0.2) is 57.8 Å². The van der Waals surface area contributed by atoms with Crippen molar-refractivity contribution in [3.8, 4) is 5.75 Å². The Labute approximate surface area is 123 Å². The first-order valence-corrected chi connectivity index (χ1v) is 6.55. The molecule has 0 heterocycles. The van der Waals surface area contributed by atoms with Crippen molar-refractivity contribution in [3.63, 3.8) is 0 Å². The average molecular weight is 299 g/mol. The number of hydrogen-bond acceptors (Lipinski definition) is 6. The third-order valence-electron chi connectivity index (χ3n) is 2.55. The fourth-order valence-corrected chi connectivity index (χ4v) is 1.51. The number of nitrogens with two attached hydrogens (primary N) is 1. The highest BCUT2D eigenvalue weighted by molar-refractivity contribution is 5.93. The normalized spacial score (nSPS) is 10.5. The zero-order valence-electron chi connectivity index (χ0n) is 12.0. The number of methoxy groups -OCH3 is 1. The van der Waals surface area contributed by atoms with E-state index in [9.17, 15) is 4.79 Å². The Morgan fingerprint density at radius 2 is 1.71 bits per heavy atom. The Morgan fingerprint density at radius 1 is 1.10 bits per heavy atom. The quantitative estimate of drug-likeness (QED) is 0.465. The van der Waals surface area contributed by atoms with E-state index < -0.39 is 5.97 Å². The van der Waals surface area contributed by atoms with E-state index in [1.165, 1.54) is 12.1 Å². The van der Waals surface area contributed by atoms with Crippen molar-refractivity contribution in [3.05, 3.63) is 23.8 Å². The first-order valence-electron chi connectivity index (χ1n) is 6.55. The van der Waals surface area contributed by atoms with E-state index in [1.807, 2.05) is 0 Å². The molecule has 1 rings (SSSR count). The van der Waals surface area contributed by atoms with Gasteiger partial charge in [-0.25, -0.2) is 4.79 Å². The molecule has 0 aliphatic carbocycles. The van der Waals surface area contributed by atoms with Gasteiger partial charge in [-0.2, -0.15) is 0 Å². The molecule has 0 saturated heterocycles. The Bertz CT molecular complexity index is 437. The molecule has 118 valence electrons. The van der Waals surface area contributed by atoms with Crippen LogP contribution in [0.2, 0.25) is 0 Å². The zero-order chi connectivity index (χ0) is 15.5. The second kappa shape index (κ2) is 9.98. The molecule has 0 radical (unpaired) electrons. The van der Waals surface area contributed by atoms with E-state index in [1.54, 1.807) is 13.2 Å². The molecule has 0 bridgehead atoms. The first-order chi connectivity index (χ1) is 10.1. The van der Waals surface area contributed by atoms with Crippen molar-refractivity contribution in [2.24, 2.45) is 0 Å². The van der Waals surface area contributed by atoms with Crippen molar-refractivity contribution in [2.45, 2.75) is 0 Å². The van der Waals surface area contributed by atoms with Gasteiger partial charge in [0.1, 0.15) is 12.4 Å². The summed E-state index contributed by atoms with van der Waals surface area (Å²) < 4.78 is 20.8. The summed E-state index contributed by atoms with van der Waals surface area (Å²) in [6.07, 6.45) is 0. The van der Waals surface area contributed by atoms with E-state index in [2.05, 4.69) is 0 Å². The molecule has 0 amide bonds. The van der Waals surface area contributed by atoms with Crippen LogP contribution >= 0.6 is 0 Å². The number of nitrogen functional groups attached to an aromatic ring is 1. The van der Waals surface area contributed by atoms with Crippen molar-refractivity contribution in [1.29, 1.82) is 0 Å². The maximum absolute atomic E-state index is 10.8. The third kappa shape index (κ3) is 6.94. The van der Waals surface area contributed by atoms with E-state index in [4.69, 9.17) is 29.8 Å². The number of rotatable bonds is 11. The summed E-state index contributed by atoms with van der Waals surface area (Å²) in [4.78, 5) is 10.8. The van der Waals surface area contributed by atoms with E-state index >= 15 is 0 Å². The number of carbonyl (C=O) groups is 1. The molecule has 1 aromatic rings. The van der Waals surface area contributed by atoms with Gasteiger partial charge < -0.3 is 29.8 Å². The lowest BCUT2D eigenvalue weighted by atomic mass is 10.2. The molecule has 0 atom stereocenters. The summed E-state index contributed by atoms with van der Waals surface area (Å²) in [7, 11) is 1.62. The molecule has 21 heavy (non-hydrogen) atoms. The second-order valence-electron chi connectivity index (χ2n) is 4.12. The molecule has 0 aliphatic heterocycles. The third-order valence-corrected chi connectivity index (χ3v) is 2.55. The van der Waals surface area contributed by atoms with Crippen LogP contribution in [0.4, 0.5) is 5.69 Å². The first kappa shape index (κ1) is 17.2. The Hall–Kier alpha value is -1.83. The summed E-state index contributed by atoms with van der Waals surface area (Å²) in [5.41, 5.74) is 5.85. The largest absolute Gasteiger partial charge is 0.491 e. The number of carboxylic acid groups (broad SMARTS) is 1. The molecular formula is C14H21NO6. The number of carboxylic acids is 1. The number of aromatic carboxylic acids is 1. The molecule has 3 N–H and O–H groups in total. The van der Waals surface area contributed by atoms with Gasteiger partial charge in [0, 0.05) is 18.9 Å². The highest BCUT2D eigenvalue weighted by Crippen LogP contribution is 2.19. The standard InChI is InChI=1S/C14H21NO6/c1-18-4-5-19-6-7-20-8-9-21-11-2-3-12(14(16)17)13(15)10-11/h2-3,10H,4-9,15H2,1H3,(H,16,17). The van der Waals surface area contributed by atoms with E-state index in [0.717, 1.165) is 0 Å². The summed E-state index contributed by atoms with van der Waals surface area (Å²) >= 11 is 0. The van der Waals surface area contributed by atoms with Crippen LogP contribution < -0.4 is 10.5 Å². The van der Waals surface area contributed by atoms with Crippen LogP contribution in [0.5, 0.6) is 5.75 Å². The molecule has 0 saturated carbocycles. The van der Waals surface area contributed by atoms with Crippen LogP contribution in [0.15, 0.2) is 18.2 Å². The van der Waals surface area contributed by atoms with Crippen LogP contribution in [0.25, 0.3) is 0 Å². The summed E-state index contributed by atoms with van der Waals surface area (Å²) in [6.45, 7) is 2.86. The summed E-state index contributed by atoms with van der Waals surface area (Å²) in [6, 6.07) is 4.46. The Balaban J connectivity index is 2.13. The molecule has 0 aromatic heterocycles. The van der Waals surface area contributed by atoms with E-state index in [-0.39, 0.29) is 11.3 Å². The number of hydrogen-bond donors (Lipinski definition) is 2. The van der Waals surface area contributed by atoms with Crippen LogP contribution in [0, 0.1) is 0 Å². The monoisotopic (exact) mass is 299 g/mol. The Kier molecular flexibility index (Phi) is 8.18. The molecule has 7 nitrogen and oxygen atoms in total. The lowest BCUT2D eigenvalue weighted by molar-refractivity contribution is 0.0180. The van der Waals surface area contributed by atoms with Gasteiger partial charge in [0.25, 0.3) is 0 Å². The predicted molar refractivity (Wildman–Crippen MR) is 76.8 cm³/mol. The van der Waals surface area contributed by atoms with E-state index in [0.29, 0.717) is 45.4 Å². The summed E-state index contributed by atoms with van der Waals surface area (Å²) in [5.74, 6) is -0.548. The topological polar surface area (TPSA) is 100 Å². The summed E-state index contributed by atoms with van der Waals surface area (Å²) in [5, 5.41) is 8.85. The fourth-order valence-electron chi connectivity index (χ4n) is 1.51. The van der Waals surface area contributed by atoms with Crippen LogP contribution in [0.1, 0.15) is 10.4 Å². The second-order valence-corrected chi connectivity index (χ2v) is 4.12. The van der Waals surface area contributed by atoms with Gasteiger partial charge >= 0.3 is 5.97 Å². The maximum atomic E-state index is 10.8. The van der Waals surface area contributed by atoms with Gasteiger partial charge in [-0.3, -0.25) is 0 Å². The minimum Gasteiger partial charge on any atom is -0.491 e. The molecule has 7 heteroatoms. The SMILES string of the molecule is COCCOCCOCCOc1ccc(C(=O)O)c(N)c1. The molecular weight excluding hydrogens is 278 g/mol. The Morgan fingerprint density at radius 3 is 2.29 bits per heavy atom. The highest BCUT2D eigenvalue weighted by atomic mass is 16.6. The lowest BCUT2D eigenvalue weighted by Crippen LogP contribution is -2.12. The lowest BCUT2D eigenvalue weighted by Gasteiger charge is -2.09.